The molecule has 20 heavy (non-hydrogen) atoms. The van der Waals surface area contributed by atoms with Gasteiger partial charge in [-0.25, -0.2) is 8.78 Å². The SMILES string of the molecule is O=[N+]([O-])c1ccc(Br)cc1NCc1ccc(F)cc1F. The Kier molecular flexibility index (Phi) is 4.29. The van der Waals surface area contributed by atoms with E-state index in [-0.39, 0.29) is 23.5 Å². The third-order valence-electron chi connectivity index (χ3n) is 2.64. The molecule has 0 bridgehead atoms. The number of hydrogen-bond acceptors (Lipinski definition) is 3. The van der Waals surface area contributed by atoms with Gasteiger partial charge in [-0.2, -0.15) is 0 Å². The lowest BCUT2D eigenvalue weighted by Gasteiger charge is -2.08. The highest BCUT2D eigenvalue weighted by Gasteiger charge is 2.14. The summed E-state index contributed by atoms with van der Waals surface area (Å²) in [7, 11) is 0. The Balaban J connectivity index is 2.22. The van der Waals surface area contributed by atoms with Gasteiger partial charge < -0.3 is 5.32 Å². The first-order valence-corrected chi connectivity index (χ1v) is 6.38. The number of nitrogens with one attached hydrogen (secondary N) is 1. The number of rotatable bonds is 4. The van der Waals surface area contributed by atoms with E-state index in [1.54, 1.807) is 6.07 Å². The van der Waals surface area contributed by atoms with Crippen LogP contribution in [0, 0.1) is 21.7 Å². The second kappa shape index (κ2) is 5.96. The minimum absolute atomic E-state index is 0.0173. The topological polar surface area (TPSA) is 55.2 Å². The van der Waals surface area contributed by atoms with Crippen molar-refractivity contribution in [3.05, 3.63) is 68.2 Å². The number of halogens is 3. The Labute approximate surface area is 121 Å². The van der Waals surface area contributed by atoms with E-state index in [1.807, 2.05) is 0 Å². The quantitative estimate of drug-likeness (QED) is 0.667. The van der Waals surface area contributed by atoms with Crippen LogP contribution in [0.5, 0.6) is 0 Å². The first kappa shape index (κ1) is 14.4. The molecule has 2 aromatic carbocycles. The van der Waals surface area contributed by atoms with Crippen LogP contribution < -0.4 is 5.32 Å². The molecule has 104 valence electrons. The van der Waals surface area contributed by atoms with Crippen molar-refractivity contribution in [2.45, 2.75) is 6.54 Å². The molecule has 7 heteroatoms. The number of nitro benzene ring substituents is 1. The Morgan fingerprint density at radius 1 is 1.20 bits per heavy atom. The molecular weight excluding hydrogens is 334 g/mol. The van der Waals surface area contributed by atoms with Gasteiger partial charge in [-0.3, -0.25) is 10.1 Å². The molecule has 0 saturated heterocycles. The highest BCUT2D eigenvalue weighted by Crippen LogP contribution is 2.28. The fourth-order valence-corrected chi connectivity index (χ4v) is 2.03. The summed E-state index contributed by atoms with van der Waals surface area (Å²) < 4.78 is 26.9. The molecule has 0 fully saturated rings. The van der Waals surface area contributed by atoms with E-state index in [1.165, 1.54) is 18.2 Å². The predicted octanol–water partition coefficient (Wildman–Crippen LogP) is 4.25. The van der Waals surface area contributed by atoms with Crippen LogP contribution >= 0.6 is 15.9 Å². The van der Waals surface area contributed by atoms with Crippen LogP contribution in [0.2, 0.25) is 0 Å². The first-order valence-electron chi connectivity index (χ1n) is 5.59. The van der Waals surface area contributed by atoms with Gasteiger partial charge in [0.05, 0.1) is 4.92 Å². The van der Waals surface area contributed by atoms with Gasteiger partial charge in [-0.15, -0.1) is 0 Å². The average Bonchev–Trinajstić information content (AvgIpc) is 2.37. The normalized spacial score (nSPS) is 10.3. The van der Waals surface area contributed by atoms with Gasteiger partial charge in [-0.1, -0.05) is 22.0 Å². The van der Waals surface area contributed by atoms with Crippen molar-refractivity contribution < 1.29 is 13.7 Å². The van der Waals surface area contributed by atoms with Gasteiger partial charge in [0, 0.05) is 28.7 Å². The Morgan fingerprint density at radius 3 is 2.60 bits per heavy atom. The monoisotopic (exact) mass is 342 g/mol. The lowest BCUT2D eigenvalue weighted by molar-refractivity contribution is -0.384. The Hall–Kier alpha value is -2.02. The molecule has 0 saturated carbocycles. The van der Waals surface area contributed by atoms with E-state index in [4.69, 9.17) is 0 Å². The molecular formula is C13H9BrF2N2O2. The van der Waals surface area contributed by atoms with Gasteiger partial charge in [0.15, 0.2) is 0 Å². The Morgan fingerprint density at radius 2 is 1.95 bits per heavy atom. The summed E-state index contributed by atoms with van der Waals surface area (Å²) in [5.74, 6) is -1.37. The summed E-state index contributed by atoms with van der Waals surface area (Å²) in [6.07, 6.45) is 0. The molecule has 2 aromatic rings. The number of benzene rings is 2. The second-order valence-electron chi connectivity index (χ2n) is 4.01. The zero-order valence-corrected chi connectivity index (χ0v) is 11.7. The van der Waals surface area contributed by atoms with Crippen LogP contribution in [0.4, 0.5) is 20.2 Å². The third-order valence-corrected chi connectivity index (χ3v) is 3.13. The molecule has 0 heterocycles. The van der Waals surface area contributed by atoms with Gasteiger partial charge >= 0.3 is 0 Å². The summed E-state index contributed by atoms with van der Waals surface area (Å²) in [5, 5.41) is 13.7. The molecule has 0 aliphatic heterocycles. The second-order valence-corrected chi connectivity index (χ2v) is 4.92. The summed E-state index contributed by atoms with van der Waals surface area (Å²) >= 11 is 3.21. The molecule has 4 nitrogen and oxygen atoms in total. The average molecular weight is 343 g/mol. The minimum atomic E-state index is -0.699. The zero-order valence-electron chi connectivity index (χ0n) is 10.1. The van der Waals surface area contributed by atoms with Crippen molar-refractivity contribution in [2.24, 2.45) is 0 Å². The van der Waals surface area contributed by atoms with Crippen molar-refractivity contribution in [3.8, 4) is 0 Å². The van der Waals surface area contributed by atoms with E-state index in [9.17, 15) is 18.9 Å². The maximum absolute atomic E-state index is 13.5. The van der Waals surface area contributed by atoms with Gasteiger partial charge in [0.1, 0.15) is 17.3 Å². The molecule has 0 atom stereocenters. The van der Waals surface area contributed by atoms with Crippen LogP contribution in [-0.2, 0) is 6.54 Å². The van der Waals surface area contributed by atoms with Crippen molar-refractivity contribution in [2.75, 3.05) is 5.32 Å². The number of nitro groups is 1. The number of nitrogens with zero attached hydrogens (tertiary/aromatic N) is 1. The molecule has 0 unspecified atom stereocenters. The number of anilines is 1. The fourth-order valence-electron chi connectivity index (χ4n) is 1.66. The largest absolute Gasteiger partial charge is 0.375 e. The molecule has 1 N–H and O–H groups in total. The van der Waals surface area contributed by atoms with Crippen molar-refractivity contribution in [1.29, 1.82) is 0 Å². The van der Waals surface area contributed by atoms with E-state index in [2.05, 4.69) is 21.2 Å². The van der Waals surface area contributed by atoms with Crippen LogP contribution in [-0.4, -0.2) is 4.92 Å². The Bertz CT molecular complexity index is 665. The molecule has 2 rings (SSSR count). The summed E-state index contributed by atoms with van der Waals surface area (Å²) in [5.41, 5.74) is 0.365. The van der Waals surface area contributed by atoms with Crippen LogP contribution in [0.3, 0.4) is 0 Å². The van der Waals surface area contributed by atoms with Gasteiger partial charge in [0.2, 0.25) is 0 Å². The molecule has 0 radical (unpaired) electrons. The van der Waals surface area contributed by atoms with Crippen LogP contribution in [0.25, 0.3) is 0 Å². The van der Waals surface area contributed by atoms with Crippen molar-refractivity contribution in [3.63, 3.8) is 0 Å². The number of hydrogen-bond donors (Lipinski definition) is 1. The third kappa shape index (κ3) is 3.30. The van der Waals surface area contributed by atoms with E-state index < -0.39 is 16.6 Å². The highest BCUT2D eigenvalue weighted by molar-refractivity contribution is 9.10. The molecule has 0 aliphatic rings. The van der Waals surface area contributed by atoms with Crippen LogP contribution in [0.15, 0.2) is 40.9 Å². The first-order chi connectivity index (χ1) is 9.47. The lowest BCUT2D eigenvalue weighted by Crippen LogP contribution is -2.04. The van der Waals surface area contributed by atoms with Crippen molar-refractivity contribution >= 4 is 27.3 Å². The molecule has 0 spiro atoms. The van der Waals surface area contributed by atoms with E-state index in [0.29, 0.717) is 4.47 Å². The van der Waals surface area contributed by atoms with E-state index >= 15 is 0 Å². The maximum atomic E-state index is 13.5. The van der Waals surface area contributed by atoms with Gasteiger partial charge in [-0.05, 0) is 18.2 Å². The molecule has 0 aromatic heterocycles. The summed E-state index contributed by atoms with van der Waals surface area (Å²) in [6.45, 7) is 0.0173. The van der Waals surface area contributed by atoms with Crippen LogP contribution in [0.1, 0.15) is 5.56 Å². The standard InChI is InChI=1S/C13H9BrF2N2O2/c14-9-2-4-13(18(19)20)12(5-9)17-7-8-1-3-10(15)6-11(8)16/h1-6,17H,7H2. The zero-order chi connectivity index (χ0) is 14.7. The lowest BCUT2D eigenvalue weighted by atomic mass is 10.2. The highest BCUT2D eigenvalue weighted by atomic mass is 79.9. The smallest absolute Gasteiger partial charge is 0.292 e. The summed E-state index contributed by atoms with van der Waals surface area (Å²) in [4.78, 5) is 10.4. The summed E-state index contributed by atoms with van der Waals surface area (Å²) in [6, 6.07) is 7.61. The van der Waals surface area contributed by atoms with Gasteiger partial charge in [0.25, 0.3) is 5.69 Å². The predicted molar refractivity (Wildman–Crippen MR) is 74.5 cm³/mol. The molecule has 0 aliphatic carbocycles. The van der Waals surface area contributed by atoms with E-state index in [0.717, 1.165) is 12.1 Å². The van der Waals surface area contributed by atoms with Crippen molar-refractivity contribution in [1.82, 2.24) is 0 Å². The minimum Gasteiger partial charge on any atom is -0.375 e. The maximum Gasteiger partial charge on any atom is 0.292 e. The fraction of sp³-hybridized carbons (Fsp3) is 0.0769. The molecule has 0 amide bonds.